The minimum atomic E-state index is 0. The average Bonchev–Trinajstić information content (AvgIpc) is 1.82. The summed E-state index contributed by atoms with van der Waals surface area (Å²) in [5.41, 5.74) is 1.82. The van der Waals surface area contributed by atoms with Crippen LogP contribution in [0, 0.1) is 6.20 Å². The van der Waals surface area contributed by atoms with Crippen LogP contribution in [0.2, 0.25) is 0 Å². The van der Waals surface area contributed by atoms with E-state index in [1.54, 1.807) is 0 Å². The molecule has 0 amide bonds. The molecule has 0 bridgehead atoms. The third-order valence-corrected chi connectivity index (χ3v) is 2.14. The molecule has 0 atom stereocenters. The first kappa shape index (κ1) is 11.8. The van der Waals surface area contributed by atoms with Crippen molar-refractivity contribution in [3.05, 3.63) is 33.7 Å². The van der Waals surface area contributed by atoms with Crippen LogP contribution in [0.1, 0.15) is 6.92 Å². The summed E-state index contributed by atoms with van der Waals surface area (Å²) in [5.74, 6) is 5.52. The quantitative estimate of drug-likeness (QED) is 0.415. The van der Waals surface area contributed by atoms with Crippen molar-refractivity contribution in [2.45, 2.75) is 6.92 Å². The largest absolute Gasteiger partial charge is 0.394 e. The summed E-state index contributed by atoms with van der Waals surface area (Å²) < 4.78 is 1.07. The summed E-state index contributed by atoms with van der Waals surface area (Å²) in [6, 6.07) is 0. The number of nitrogens with two attached hydrogens (primary N) is 1. The minimum Gasteiger partial charge on any atom is -0.394 e. The SMILES string of the molecule is C=C1C(I)=CC(C)=[C-]N1N.[Y]. The first-order valence-electron chi connectivity index (χ1n) is 2.83. The van der Waals surface area contributed by atoms with E-state index in [9.17, 15) is 0 Å². The van der Waals surface area contributed by atoms with Gasteiger partial charge in [0.05, 0.1) is 0 Å². The summed E-state index contributed by atoms with van der Waals surface area (Å²) >= 11 is 2.19. The molecule has 1 heterocycles. The Morgan fingerprint density at radius 1 is 1.73 bits per heavy atom. The molecular weight excluding hydrogens is 328 g/mol. The maximum absolute atomic E-state index is 5.52. The monoisotopic (exact) mass is 336 g/mol. The van der Waals surface area contributed by atoms with Gasteiger partial charge in [0.25, 0.3) is 0 Å². The number of rotatable bonds is 0. The van der Waals surface area contributed by atoms with Crippen molar-refractivity contribution in [2.75, 3.05) is 0 Å². The van der Waals surface area contributed by atoms with E-state index in [0.29, 0.717) is 0 Å². The Kier molecular flexibility index (Phi) is 5.10. The van der Waals surface area contributed by atoms with Gasteiger partial charge in [-0.3, -0.25) is 5.84 Å². The third-order valence-electron chi connectivity index (χ3n) is 1.21. The fourth-order valence-electron chi connectivity index (χ4n) is 0.678. The molecule has 0 saturated heterocycles. The molecule has 57 valence electrons. The summed E-state index contributed by atoms with van der Waals surface area (Å²) in [6.45, 7) is 5.71. The normalized spacial score (nSPS) is 17.0. The Balaban J connectivity index is 0.000001000. The van der Waals surface area contributed by atoms with Gasteiger partial charge in [-0.05, 0) is 5.70 Å². The molecule has 0 unspecified atom stereocenters. The Morgan fingerprint density at radius 3 is 2.73 bits per heavy atom. The van der Waals surface area contributed by atoms with Crippen molar-refractivity contribution < 1.29 is 32.7 Å². The van der Waals surface area contributed by atoms with Gasteiger partial charge in [0, 0.05) is 32.7 Å². The maximum atomic E-state index is 5.52. The van der Waals surface area contributed by atoms with Gasteiger partial charge in [-0.1, -0.05) is 39.3 Å². The summed E-state index contributed by atoms with van der Waals surface area (Å²) in [5, 5.41) is 1.41. The molecular formula is C7H8IN2Y-. The molecule has 1 aliphatic rings. The molecule has 1 rings (SSSR count). The fraction of sp³-hybridized carbons (Fsp3) is 0.143. The molecule has 0 spiro atoms. The molecule has 1 radical (unpaired) electrons. The van der Waals surface area contributed by atoms with Gasteiger partial charge < -0.3 is 5.01 Å². The van der Waals surface area contributed by atoms with Gasteiger partial charge in [0.15, 0.2) is 0 Å². The average molecular weight is 336 g/mol. The van der Waals surface area contributed by atoms with Crippen LogP contribution in [0.25, 0.3) is 0 Å². The van der Waals surface area contributed by atoms with Crippen LogP contribution in [-0.2, 0) is 32.7 Å². The topological polar surface area (TPSA) is 29.3 Å². The smallest absolute Gasteiger partial charge is 0 e. The zero-order valence-corrected chi connectivity index (χ0v) is 11.3. The Hall–Kier alpha value is 0.814. The second kappa shape index (κ2) is 4.75. The van der Waals surface area contributed by atoms with Crippen LogP contribution in [0.5, 0.6) is 0 Å². The van der Waals surface area contributed by atoms with Crippen molar-refractivity contribution in [2.24, 2.45) is 5.84 Å². The molecule has 0 aromatic heterocycles. The number of hydrogen-bond donors (Lipinski definition) is 1. The van der Waals surface area contributed by atoms with E-state index in [1.807, 2.05) is 13.0 Å². The predicted molar refractivity (Wildman–Crippen MR) is 49.7 cm³/mol. The van der Waals surface area contributed by atoms with Gasteiger partial charge in [-0.25, -0.2) is 0 Å². The first-order valence-corrected chi connectivity index (χ1v) is 3.90. The van der Waals surface area contributed by atoms with Crippen LogP contribution >= 0.6 is 22.6 Å². The molecule has 2 N–H and O–H groups in total. The number of hydrazine groups is 1. The van der Waals surface area contributed by atoms with E-state index in [0.717, 1.165) is 14.8 Å². The zero-order valence-electron chi connectivity index (χ0n) is 6.26. The molecule has 0 aromatic rings. The second-order valence-corrected chi connectivity index (χ2v) is 3.27. The number of allylic oxidation sites excluding steroid dienone is 3. The van der Waals surface area contributed by atoms with E-state index in [-0.39, 0.29) is 32.7 Å². The molecule has 11 heavy (non-hydrogen) atoms. The third kappa shape index (κ3) is 2.97. The number of nitrogens with zero attached hydrogens (tertiary/aromatic N) is 1. The van der Waals surface area contributed by atoms with Crippen LogP contribution in [-0.4, -0.2) is 5.01 Å². The molecule has 0 aliphatic carbocycles. The Morgan fingerprint density at radius 2 is 2.27 bits per heavy atom. The van der Waals surface area contributed by atoms with Crippen LogP contribution in [0.4, 0.5) is 0 Å². The summed E-state index contributed by atoms with van der Waals surface area (Å²) in [6.07, 6.45) is 4.90. The van der Waals surface area contributed by atoms with E-state index < -0.39 is 0 Å². The summed E-state index contributed by atoms with van der Waals surface area (Å²) in [7, 11) is 0. The van der Waals surface area contributed by atoms with Gasteiger partial charge >= 0.3 is 0 Å². The predicted octanol–water partition coefficient (Wildman–Crippen LogP) is 1.71. The minimum absolute atomic E-state index is 0. The van der Waals surface area contributed by atoms with Gasteiger partial charge in [-0.2, -0.15) is 6.08 Å². The molecule has 0 aromatic carbocycles. The fourth-order valence-corrected chi connectivity index (χ4v) is 1.41. The molecule has 2 nitrogen and oxygen atoms in total. The number of hydrogen-bond acceptors (Lipinski definition) is 2. The van der Waals surface area contributed by atoms with Gasteiger partial charge in [0.2, 0.25) is 0 Å². The van der Waals surface area contributed by atoms with E-state index in [4.69, 9.17) is 5.84 Å². The van der Waals surface area contributed by atoms with Crippen molar-refractivity contribution in [3.63, 3.8) is 0 Å². The van der Waals surface area contributed by atoms with Crippen molar-refractivity contribution in [1.29, 1.82) is 0 Å². The zero-order chi connectivity index (χ0) is 7.72. The Labute approximate surface area is 106 Å². The molecule has 0 saturated carbocycles. The van der Waals surface area contributed by atoms with Crippen molar-refractivity contribution in [1.82, 2.24) is 5.01 Å². The summed E-state index contributed by atoms with van der Waals surface area (Å²) in [4.78, 5) is 0. The first-order chi connectivity index (χ1) is 4.61. The number of halogens is 1. The molecule has 0 fully saturated rings. The standard InChI is InChI=1S/C7H8IN2.Y/c1-5-3-7(8)6(2)10(9)4-5;/h3H,2,9H2,1H3;/q-1;. The van der Waals surface area contributed by atoms with Crippen LogP contribution in [0.15, 0.2) is 27.5 Å². The van der Waals surface area contributed by atoms with Crippen molar-refractivity contribution in [3.8, 4) is 0 Å². The van der Waals surface area contributed by atoms with Crippen molar-refractivity contribution >= 4 is 22.6 Å². The van der Waals surface area contributed by atoms with Crippen LogP contribution < -0.4 is 5.84 Å². The molecule has 4 heteroatoms. The van der Waals surface area contributed by atoms with Gasteiger partial charge in [0.1, 0.15) is 0 Å². The van der Waals surface area contributed by atoms with Gasteiger partial charge in [-0.15, -0.1) is 12.2 Å². The second-order valence-electron chi connectivity index (χ2n) is 2.10. The van der Waals surface area contributed by atoms with E-state index >= 15 is 0 Å². The molecule has 1 aliphatic heterocycles. The van der Waals surface area contributed by atoms with E-state index in [1.165, 1.54) is 5.01 Å². The van der Waals surface area contributed by atoms with E-state index in [2.05, 4.69) is 35.4 Å². The van der Waals surface area contributed by atoms with Crippen LogP contribution in [0.3, 0.4) is 0 Å². The Bertz CT molecular complexity index is 233. The maximum Gasteiger partial charge on any atom is 0 e.